The molecule has 3 aromatic rings. The van der Waals surface area contributed by atoms with Crippen molar-refractivity contribution in [1.82, 2.24) is 14.5 Å². The van der Waals surface area contributed by atoms with Crippen LogP contribution in [0.5, 0.6) is 0 Å². The van der Waals surface area contributed by atoms with Crippen molar-refractivity contribution in [2.45, 2.75) is 0 Å². The van der Waals surface area contributed by atoms with Gasteiger partial charge in [-0.05, 0) is 12.1 Å². The molecule has 82 valence electrons. The molecule has 0 aliphatic heterocycles. The number of hydrogen-bond acceptors (Lipinski definition) is 3. The highest BCUT2D eigenvalue weighted by molar-refractivity contribution is 5.96. The molecular formula is C13H9N3O. The molecule has 0 bridgehead atoms. The Morgan fingerprint density at radius 3 is 2.82 bits per heavy atom. The van der Waals surface area contributed by atoms with E-state index in [0.29, 0.717) is 5.69 Å². The SMILES string of the molecule is O=C(c1ccc2ccccc2n1)n1ccnc1. The molecule has 0 aliphatic rings. The van der Waals surface area contributed by atoms with Crippen LogP contribution in [0.1, 0.15) is 10.5 Å². The summed E-state index contributed by atoms with van der Waals surface area (Å²) in [5.41, 5.74) is 1.24. The van der Waals surface area contributed by atoms with Gasteiger partial charge in [0.2, 0.25) is 0 Å². The summed E-state index contributed by atoms with van der Waals surface area (Å²) in [6.07, 6.45) is 4.65. The zero-order chi connectivity index (χ0) is 11.7. The highest BCUT2D eigenvalue weighted by Gasteiger charge is 2.09. The molecule has 3 rings (SSSR count). The number of carbonyl (C=O) groups is 1. The molecule has 0 saturated heterocycles. The Hall–Kier alpha value is -2.49. The number of pyridine rings is 1. The van der Waals surface area contributed by atoms with Gasteiger partial charge in [0.15, 0.2) is 0 Å². The van der Waals surface area contributed by atoms with Crippen LogP contribution in [0.4, 0.5) is 0 Å². The minimum atomic E-state index is -0.173. The molecular weight excluding hydrogens is 214 g/mol. The largest absolute Gasteiger partial charge is 0.281 e. The third-order valence-electron chi connectivity index (χ3n) is 2.56. The van der Waals surface area contributed by atoms with Crippen LogP contribution in [0.3, 0.4) is 0 Å². The summed E-state index contributed by atoms with van der Waals surface area (Å²) in [6, 6.07) is 11.3. The van der Waals surface area contributed by atoms with E-state index in [2.05, 4.69) is 9.97 Å². The normalized spacial score (nSPS) is 10.6. The molecule has 2 heterocycles. The number of nitrogens with zero attached hydrogens (tertiary/aromatic N) is 3. The Morgan fingerprint density at radius 1 is 1.12 bits per heavy atom. The van der Waals surface area contributed by atoms with Gasteiger partial charge >= 0.3 is 0 Å². The van der Waals surface area contributed by atoms with E-state index < -0.39 is 0 Å². The van der Waals surface area contributed by atoms with Gasteiger partial charge in [0.05, 0.1) is 5.52 Å². The van der Waals surface area contributed by atoms with Gasteiger partial charge in [0, 0.05) is 17.8 Å². The summed E-state index contributed by atoms with van der Waals surface area (Å²) in [5.74, 6) is -0.173. The van der Waals surface area contributed by atoms with Crippen molar-refractivity contribution in [3.05, 3.63) is 60.8 Å². The Morgan fingerprint density at radius 2 is 2.00 bits per heavy atom. The van der Waals surface area contributed by atoms with Crippen LogP contribution >= 0.6 is 0 Å². The number of benzene rings is 1. The fraction of sp³-hybridized carbons (Fsp3) is 0. The quantitative estimate of drug-likeness (QED) is 0.634. The Kier molecular flexibility index (Phi) is 2.19. The maximum Gasteiger partial charge on any atom is 0.281 e. The van der Waals surface area contributed by atoms with Crippen LogP contribution in [0.15, 0.2) is 55.1 Å². The minimum absolute atomic E-state index is 0.173. The molecule has 2 aromatic heterocycles. The molecule has 1 aromatic carbocycles. The fourth-order valence-corrected chi connectivity index (χ4v) is 1.70. The summed E-state index contributed by atoms with van der Waals surface area (Å²) >= 11 is 0. The standard InChI is InChI=1S/C13H9N3O/c17-13(16-8-7-14-9-16)12-6-5-10-3-1-2-4-11(10)15-12/h1-9H. The van der Waals surface area contributed by atoms with Crippen LogP contribution < -0.4 is 0 Å². The first-order chi connectivity index (χ1) is 8.34. The van der Waals surface area contributed by atoms with Crippen molar-refractivity contribution in [3.63, 3.8) is 0 Å². The number of imidazole rings is 1. The van der Waals surface area contributed by atoms with Crippen LogP contribution in [0.25, 0.3) is 10.9 Å². The van der Waals surface area contributed by atoms with Gasteiger partial charge in [-0.15, -0.1) is 0 Å². The first-order valence-corrected chi connectivity index (χ1v) is 5.23. The van der Waals surface area contributed by atoms with Crippen LogP contribution in [-0.4, -0.2) is 20.4 Å². The zero-order valence-electron chi connectivity index (χ0n) is 8.95. The Balaban J connectivity index is 2.09. The van der Waals surface area contributed by atoms with Crippen LogP contribution in [0.2, 0.25) is 0 Å². The molecule has 0 unspecified atom stereocenters. The number of para-hydroxylation sites is 1. The van der Waals surface area contributed by atoms with E-state index in [1.807, 2.05) is 30.3 Å². The number of rotatable bonds is 1. The molecule has 0 atom stereocenters. The van der Waals surface area contributed by atoms with E-state index in [-0.39, 0.29) is 5.91 Å². The van der Waals surface area contributed by atoms with Crippen molar-refractivity contribution in [3.8, 4) is 0 Å². The van der Waals surface area contributed by atoms with Crippen molar-refractivity contribution in [2.24, 2.45) is 0 Å². The molecule has 0 saturated carbocycles. The molecule has 0 spiro atoms. The average molecular weight is 223 g/mol. The number of fused-ring (bicyclic) bond motifs is 1. The summed E-state index contributed by atoms with van der Waals surface area (Å²) in [5, 5.41) is 1.02. The van der Waals surface area contributed by atoms with Crippen LogP contribution in [-0.2, 0) is 0 Å². The lowest BCUT2D eigenvalue weighted by Gasteiger charge is -2.02. The van der Waals surface area contributed by atoms with E-state index in [1.54, 1.807) is 18.5 Å². The minimum Gasteiger partial charge on any atom is -0.271 e. The predicted octanol–water partition coefficient (Wildman–Crippen LogP) is 2.12. The van der Waals surface area contributed by atoms with E-state index in [0.717, 1.165) is 10.9 Å². The highest BCUT2D eigenvalue weighted by Crippen LogP contribution is 2.12. The van der Waals surface area contributed by atoms with Gasteiger partial charge in [0.25, 0.3) is 5.91 Å². The van der Waals surface area contributed by atoms with E-state index >= 15 is 0 Å². The summed E-state index contributed by atoms with van der Waals surface area (Å²) in [4.78, 5) is 20.2. The lowest BCUT2D eigenvalue weighted by molar-refractivity contribution is 0.0955. The second-order valence-electron chi connectivity index (χ2n) is 3.66. The van der Waals surface area contributed by atoms with Gasteiger partial charge in [-0.3, -0.25) is 9.36 Å². The number of hydrogen-bond donors (Lipinski definition) is 0. The second-order valence-corrected chi connectivity index (χ2v) is 3.66. The first-order valence-electron chi connectivity index (χ1n) is 5.23. The molecule has 0 fully saturated rings. The molecule has 4 nitrogen and oxygen atoms in total. The topological polar surface area (TPSA) is 47.8 Å². The lowest BCUT2D eigenvalue weighted by Crippen LogP contribution is -2.11. The predicted molar refractivity (Wildman–Crippen MR) is 63.7 cm³/mol. The van der Waals surface area contributed by atoms with E-state index in [1.165, 1.54) is 10.9 Å². The average Bonchev–Trinajstić information content (AvgIpc) is 2.91. The first kappa shape index (κ1) is 9.72. The number of aromatic nitrogens is 3. The van der Waals surface area contributed by atoms with Crippen molar-refractivity contribution in [1.29, 1.82) is 0 Å². The Labute approximate surface area is 97.6 Å². The van der Waals surface area contributed by atoms with Crippen molar-refractivity contribution >= 4 is 16.8 Å². The zero-order valence-corrected chi connectivity index (χ0v) is 8.95. The third kappa shape index (κ3) is 1.69. The summed E-state index contributed by atoms with van der Waals surface area (Å²) < 4.78 is 1.41. The highest BCUT2D eigenvalue weighted by atomic mass is 16.2. The summed E-state index contributed by atoms with van der Waals surface area (Å²) in [7, 11) is 0. The van der Waals surface area contributed by atoms with Gasteiger partial charge in [-0.25, -0.2) is 9.97 Å². The van der Waals surface area contributed by atoms with Crippen molar-refractivity contribution < 1.29 is 4.79 Å². The second kappa shape index (κ2) is 3.83. The van der Waals surface area contributed by atoms with E-state index in [9.17, 15) is 4.79 Å². The molecule has 0 amide bonds. The van der Waals surface area contributed by atoms with Crippen molar-refractivity contribution in [2.75, 3.05) is 0 Å². The van der Waals surface area contributed by atoms with E-state index in [4.69, 9.17) is 0 Å². The van der Waals surface area contributed by atoms with Crippen LogP contribution in [0, 0.1) is 0 Å². The molecule has 0 N–H and O–H groups in total. The molecule has 0 aliphatic carbocycles. The fourth-order valence-electron chi connectivity index (χ4n) is 1.70. The maximum absolute atomic E-state index is 12.0. The maximum atomic E-state index is 12.0. The van der Waals surface area contributed by atoms with Gasteiger partial charge in [-0.2, -0.15) is 0 Å². The smallest absolute Gasteiger partial charge is 0.271 e. The molecule has 17 heavy (non-hydrogen) atoms. The summed E-state index contributed by atoms with van der Waals surface area (Å²) in [6.45, 7) is 0. The monoisotopic (exact) mass is 223 g/mol. The third-order valence-corrected chi connectivity index (χ3v) is 2.56. The lowest BCUT2D eigenvalue weighted by atomic mass is 10.2. The Bertz CT molecular complexity index is 674. The number of carbonyl (C=O) groups excluding carboxylic acids is 1. The van der Waals surface area contributed by atoms with Gasteiger partial charge in [-0.1, -0.05) is 24.3 Å². The molecule has 0 radical (unpaired) electrons. The van der Waals surface area contributed by atoms with Gasteiger partial charge < -0.3 is 0 Å². The van der Waals surface area contributed by atoms with Gasteiger partial charge in [0.1, 0.15) is 12.0 Å². The molecule has 4 heteroatoms.